The highest BCUT2D eigenvalue weighted by Crippen LogP contribution is 2.49. The van der Waals surface area contributed by atoms with Gasteiger partial charge in [0, 0.05) is 22.9 Å². The average molecular weight is 273 g/mol. The number of rotatable bonds is 1. The molecule has 3 aromatic rings. The van der Waals surface area contributed by atoms with Crippen LogP contribution >= 0.6 is 0 Å². The molecule has 1 aromatic heterocycles. The van der Waals surface area contributed by atoms with E-state index in [4.69, 9.17) is 0 Å². The van der Waals surface area contributed by atoms with Gasteiger partial charge in [0.25, 0.3) is 0 Å². The lowest BCUT2D eigenvalue weighted by Gasteiger charge is -2.26. The molecule has 1 aliphatic rings. The van der Waals surface area contributed by atoms with E-state index < -0.39 is 5.60 Å². The van der Waals surface area contributed by atoms with Gasteiger partial charge < -0.3 is 5.11 Å². The fourth-order valence-corrected chi connectivity index (χ4v) is 3.21. The maximum Gasteiger partial charge on any atom is 0.143 e. The van der Waals surface area contributed by atoms with E-state index in [2.05, 4.69) is 23.2 Å². The molecule has 1 aliphatic carbocycles. The molecule has 4 rings (SSSR count). The molecule has 2 aromatic carbocycles. The molecule has 0 aliphatic heterocycles. The molecular weight excluding hydrogens is 258 g/mol. The number of aryl methyl sites for hydroxylation is 1. The molecule has 0 fully saturated rings. The smallest absolute Gasteiger partial charge is 0.143 e. The highest BCUT2D eigenvalue weighted by Gasteiger charge is 2.43. The summed E-state index contributed by atoms with van der Waals surface area (Å²) in [4.78, 5) is 4.49. The Morgan fingerprint density at radius 1 is 0.905 bits per heavy atom. The Hall–Kier alpha value is -2.45. The van der Waals surface area contributed by atoms with Crippen molar-refractivity contribution in [2.24, 2.45) is 0 Å². The van der Waals surface area contributed by atoms with Crippen LogP contribution in [0.2, 0.25) is 0 Å². The number of pyridine rings is 1. The summed E-state index contributed by atoms with van der Waals surface area (Å²) in [5, 5.41) is 11.6. The molecule has 2 nitrogen and oxygen atoms in total. The van der Waals surface area contributed by atoms with Gasteiger partial charge in [-0.1, -0.05) is 60.2 Å². The molecule has 0 saturated carbocycles. The molecule has 1 unspecified atom stereocenters. The van der Waals surface area contributed by atoms with Crippen molar-refractivity contribution in [3.63, 3.8) is 0 Å². The molecule has 0 bridgehead atoms. The number of fused-ring (bicyclic) bond motifs is 3. The first-order valence-corrected chi connectivity index (χ1v) is 7.06. The molecular formula is C19H15NO. The summed E-state index contributed by atoms with van der Waals surface area (Å²) in [6.07, 6.45) is 1.78. The number of nitrogens with zero attached hydrogens (tertiary/aromatic N) is 1. The predicted octanol–water partition coefficient (Wildman–Crippen LogP) is 3.65. The Morgan fingerprint density at radius 2 is 1.71 bits per heavy atom. The standard InChI is InChI=1S/C19H15NO/c1-13-9-10-15-17(12-13)19(21,14-6-3-2-4-7-14)16-8-5-11-20-18(15)16/h2-12,21H,1H3. The van der Waals surface area contributed by atoms with Gasteiger partial charge in [0.15, 0.2) is 0 Å². The summed E-state index contributed by atoms with van der Waals surface area (Å²) in [5.74, 6) is 0. The number of benzene rings is 2. The van der Waals surface area contributed by atoms with E-state index in [0.717, 1.165) is 33.5 Å². The summed E-state index contributed by atoms with van der Waals surface area (Å²) in [5.41, 5.74) is 4.56. The lowest BCUT2D eigenvalue weighted by Crippen LogP contribution is -2.26. The molecule has 1 heterocycles. The van der Waals surface area contributed by atoms with Gasteiger partial charge >= 0.3 is 0 Å². The minimum Gasteiger partial charge on any atom is -0.376 e. The number of hydrogen-bond acceptors (Lipinski definition) is 2. The predicted molar refractivity (Wildman–Crippen MR) is 83.0 cm³/mol. The molecule has 2 heteroatoms. The van der Waals surface area contributed by atoms with Crippen molar-refractivity contribution >= 4 is 0 Å². The van der Waals surface area contributed by atoms with E-state index in [9.17, 15) is 5.11 Å². The molecule has 102 valence electrons. The van der Waals surface area contributed by atoms with Gasteiger partial charge in [0.2, 0.25) is 0 Å². The normalized spacial score (nSPS) is 19.1. The van der Waals surface area contributed by atoms with Crippen LogP contribution < -0.4 is 0 Å². The first-order valence-electron chi connectivity index (χ1n) is 7.06. The van der Waals surface area contributed by atoms with Crippen molar-refractivity contribution in [2.45, 2.75) is 12.5 Å². The van der Waals surface area contributed by atoms with Crippen LogP contribution in [0.25, 0.3) is 11.3 Å². The van der Waals surface area contributed by atoms with Gasteiger partial charge in [0.05, 0.1) is 5.69 Å². The highest BCUT2D eigenvalue weighted by atomic mass is 16.3. The Balaban J connectivity index is 2.10. The number of aromatic nitrogens is 1. The van der Waals surface area contributed by atoms with Crippen LogP contribution in [-0.2, 0) is 5.60 Å². The Labute approximate surface area is 123 Å². The second kappa shape index (κ2) is 4.27. The molecule has 0 spiro atoms. The summed E-state index contributed by atoms with van der Waals surface area (Å²) in [7, 11) is 0. The lowest BCUT2D eigenvalue weighted by molar-refractivity contribution is 0.130. The number of aliphatic hydroxyl groups is 1. The van der Waals surface area contributed by atoms with E-state index >= 15 is 0 Å². The molecule has 0 radical (unpaired) electrons. The first-order chi connectivity index (χ1) is 10.2. The quantitative estimate of drug-likeness (QED) is 0.734. The second-order valence-electron chi connectivity index (χ2n) is 5.53. The van der Waals surface area contributed by atoms with E-state index in [1.807, 2.05) is 49.4 Å². The second-order valence-corrected chi connectivity index (χ2v) is 5.53. The van der Waals surface area contributed by atoms with Gasteiger partial charge in [-0.15, -0.1) is 0 Å². The van der Waals surface area contributed by atoms with Crippen LogP contribution in [0.3, 0.4) is 0 Å². The first kappa shape index (κ1) is 12.3. The van der Waals surface area contributed by atoms with Crippen molar-refractivity contribution in [1.29, 1.82) is 0 Å². The summed E-state index contributed by atoms with van der Waals surface area (Å²) >= 11 is 0. The molecule has 0 amide bonds. The summed E-state index contributed by atoms with van der Waals surface area (Å²) in [6, 6.07) is 19.8. The van der Waals surface area contributed by atoms with Crippen LogP contribution in [0.1, 0.15) is 22.3 Å². The largest absolute Gasteiger partial charge is 0.376 e. The van der Waals surface area contributed by atoms with E-state index in [-0.39, 0.29) is 0 Å². The topological polar surface area (TPSA) is 33.1 Å². The third kappa shape index (κ3) is 1.60. The lowest BCUT2D eigenvalue weighted by atomic mass is 9.84. The van der Waals surface area contributed by atoms with Crippen LogP contribution in [-0.4, -0.2) is 10.1 Å². The summed E-state index contributed by atoms with van der Waals surface area (Å²) < 4.78 is 0. The van der Waals surface area contributed by atoms with Crippen LogP contribution in [0.5, 0.6) is 0 Å². The van der Waals surface area contributed by atoms with Crippen molar-refractivity contribution < 1.29 is 5.11 Å². The average Bonchev–Trinajstić information content (AvgIpc) is 2.79. The Kier molecular flexibility index (Phi) is 2.50. The van der Waals surface area contributed by atoms with Crippen molar-refractivity contribution in [3.8, 4) is 11.3 Å². The molecule has 0 saturated heterocycles. The SMILES string of the molecule is Cc1ccc2c(c1)C(O)(c1ccccc1)c1cccnc1-2. The zero-order chi connectivity index (χ0) is 14.4. The fraction of sp³-hybridized carbons (Fsp3) is 0.105. The van der Waals surface area contributed by atoms with Gasteiger partial charge in [-0.05, 0) is 18.6 Å². The van der Waals surface area contributed by atoms with Crippen molar-refractivity contribution in [2.75, 3.05) is 0 Å². The summed E-state index contributed by atoms with van der Waals surface area (Å²) in [6.45, 7) is 2.04. The zero-order valence-corrected chi connectivity index (χ0v) is 11.7. The van der Waals surface area contributed by atoms with Gasteiger partial charge in [-0.3, -0.25) is 4.98 Å². The molecule has 1 N–H and O–H groups in total. The Morgan fingerprint density at radius 3 is 2.52 bits per heavy atom. The van der Waals surface area contributed by atoms with E-state index in [1.165, 1.54) is 0 Å². The third-order valence-electron chi connectivity index (χ3n) is 4.21. The van der Waals surface area contributed by atoms with Gasteiger partial charge in [-0.2, -0.15) is 0 Å². The monoisotopic (exact) mass is 273 g/mol. The maximum atomic E-state index is 11.6. The number of hydrogen-bond donors (Lipinski definition) is 1. The van der Waals surface area contributed by atoms with Gasteiger partial charge in [0.1, 0.15) is 5.60 Å². The van der Waals surface area contributed by atoms with Crippen LogP contribution in [0, 0.1) is 6.92 Å². The van der Waals surface area contributed by atoms with E-state index in [1.54, 1.807) is 6.20 Å². The van der Waals surface area contributed by atoms with Crippen molar-refractivity contribution in [1.82, 2.24) is 4.98 Å². The van der Waals surface area contributed by atoms with Crippen LogP contribution in [0.4, 0.5) is 0 Å². The molecule has 21 heavy (non-hydrogen) atoms. The Bertz CT molecular complexity index is 826. The van der Waals surface area contributed by atoms with Gasteiger partial charge in [-0.25, -0.2) is 0 Å². The third-order valence-corrected chi connectivity index (χ3v) is 4.21. The minimum absolute atomic E-state index is 0.858. The van der Waals surface area contributed by atoms with Crippen molar-refractivity contribution in [3.05, 3.63) is 89.1 Å². The van der Waals surface area contributed by atoms with E-state index in [0.29, 0.717) is 0 Å². The zero-order valence-electron chi connectivity index (χ0n) is 11.7. The highest BCUT2D eigenvalue weighted by molar-refractivity contribution is 5.79. The molecule has 1 atom stereocenters. The van der Waals surface area contributed by atoms with Crippen LogP contribution in [0.15, 0.2) is 66.9 Å². The maximum absolute atomic E-state index is 11.6. The minimum atomic E-state index is -1.12. The fourth-order valence-electron chi connectivity index (χ4n) is 3.21.